The predicted octanol–water partition coefficient (Wildman–Crippen LogP) is 3.39. The summed E-state index contributed by atoms with van der Waals surface area (Å²) in [5, 5.41) is 7.57. The molecule has 0 unspecified atom stereocenters. The molecule has 0 bridgehead atoms. The van der Waals surface area contributed by atoms with Crippen LogP contribution in [0.4, 0.5) is 5.82 Å². The van der Waals surface area contributed by atoms with Crippen molar-refractivity contribution in [2.24, 2.45) is 11.8 Å². The minimum Gasteiger partial charge on any atom is -0.310 e. The van der Waals surface area contributed by atoms with E-state index in [-0.39, 0.29) is 11.8 Å². The van der Waals surface area contributed by atoms with E-state index in [1.165, 1.54) is 5.56 Å². The minimum atomic E-state index is 0.106. The second-order valence-corrected chi connectivity index (χ2v) is 6.18. The molecule has 1 aliphatic carbocycles. The van der Waals surface area contributed by atoms with E-state index in [2.05, 4.69) is 49.4 Å². The summed E-state index contributed by atoms with van der Waals surface area (Å²) >= 11 is 0. The van der Waals surface area contributed by atoms with Gasteiger partial charge in [-0.25, -0.2) is 4.68 Å². The number of aromatic nitrogens is 2. The van der Waals surface area contributed by atoms with Gasteiger partial charge in [-0.15, -0.1) is 0 Å². The Labute approximate surface area is 125 Å². The van der Waals surface area contributed by atoms with Crippen LogP contribution < -0.4 is 5.32 Å². The molecule has 4 heteroatoms. The van der Waals surface area contributed by atoms with Gasteiger partial charge in [-0.2, -0.15) is 5.10 Å². The van der Waals surface area contributed by atoms with Crippen LogP contribution in [0.25, 0.3) is 5.69 Å². The van der Waals surface area contributed by atoms with Gasteiger partial charge in [-0.05, 0) is 50.3 Å². The minimum absolute atomic E-state index is 0.106. The number of nitrogens with one attached hydrogen (secondary N) is 1. The highest BCUT2D eigenvalue weighted by Crippen LogP contribution is 2.38. The van der Waals surface area contributed by atoms with Gasteiger partial charge in [0.25, 0.3) is 0 Å². The van der Waals surface area contributed by atoms with Crippen LogP contribution in [0.1, 0.15) is 30.2 Å². The summed E-state index contributed by atoms with van der Waals surface area (Å²) in [5.41, 5.74) is 4.23. The molecule has 1 aromatic carbocycles. The second-order valence-electron chi connectivity index (χ2n) is 6.18. The summed E-state index contributed by atoms with van der Waals surface area (Å²) in [7, 11) is 0. The third-order valence-corrected chi connectivity index (χ3v) is 4.12. The Morgan fingerprint density at radius 2 is 2.00 bits per heavy atom. The Bertz CT molecular complexity index is 702. The van der Waals surface area contributed by atoms with Crippen LogP contribution in [0.15, 0.2) is 24.3 Å². The molecule has 21 heavy (non-hydrogen) atoms. The first-order valence-corrected chi connectivity index (χ1v) is 7.41. The van der Waals surface area contributed by atoms with Crippen LogP contribution in [0.3, 0.4) is 0 Å². The lowest BCUT2D eigenvalue weighted by Gasteiger charge is -2.12. The average molecular weight is 283 g/mol. The zero-order valence-corrected chi connectivity index (χ0v) is 13.0. The largest absolute Gasteiger partial charge is 0.310 e. The van der Waals surface area contributed by atoms with Crippen molar-refractivity contribution in [3.63, 3.8) is 0 Å². The maximum absolute atomic E-state index is 12.2. The van der Waals surface area contributed by atoms with E-state index in [4.69, 9.17) is 0 Å². The zero-order chi connectivity index (χ0) is 15.1. The van der Waals surface area contributed by atoms with Crippen molar-refractivity contribution < 1.29 is 4.79 Å². The quantitative estimate of drug-likeness (QED) is 0.938. The molecule has 3 rings (SSSR count). The van der Waals surface area contributed by atoms with Crippen molar-refractivity contribution in [1.82, 2.24) is 9.78 Å². The molecule has 0 saturated heterocycles. The second kappa shape index (κ2) is 5.02. The smallest absolute Gasteiger partial charge is 0.228 e. The van der Waals surface area contributed by atoms with Crippen molar-refractivity contribution in [2.45, 2.75) is 34.1 Å². The Kier molecular flexibility index (Phi) is 3.32. The SMILES string of the molecule is Cc1ccc(C)c(-n2nc(C)cc2NC(=O)[C@H]2C[C@H]2C)c1. The molecule has 2 aromatic rings. The van der Waals surface area contributed by atoms with E-state index in [1.54, 1.807) is 0 Å². The van der Waals surface area contributed by atoms with Gasteiger partial charge in [-0.3, -0.25) is 4.79 Å². The monoisotopic (exact) mass is 283 g/mol. The molecular formula is C17H21N3O. The Balaban J connectivity index is 1.95. The van der Waals surface area contributed by atoms with Gasteiger partial charge in [0.15, 0.2) is 0 Å². The fourth-order valence-corrected chi connectivity index (χ4v) is 2.63. The molecule has 1 aliphatic rings. The van der Waals surface area contributed by atoms with E-state index in [0.717, 1.165) is 29.2 Å². The third kappa shape index (κ3) is 2.71. The lowest BCUT2D eigenvalue weighted by Crippen LogP contribution is -2.17. The molecule has 1 saturated carbocycles. The van der Waals surface area contributed by atoms with Gasteiger partial charge in [-0.1, -0.05) is 19.1 Å². The predicted molar refractivity (Wildman–Crippen MR) is 83.7 cm³/mol. The molecule has 1 heterocycles. The van der Waals surface area contributed by atoms with E-state index < -0.39 is 0 Å². The number of hydrogen-bond acceptors (Lipinski definition) is 2. The van der Waals surface area contributed by atoms with E-state index in [1.807, 2.05) is 17.7 Å². The Hall–Kier alpha value is -2.10. The number of hydrogen-bond donors (Lipinski definition) is 1. The van der Waals surface area contributed by atoms with Gasteiger partial charge in [0.2, 0.25) is 5.91 Å². The van der Waals surface area contributed by atoms with Crippen molar-refractivity contribution in [3.8, 4) is 5.69 Å². The first kappa shape index (κ1) is 13.9. The highest BCUT2D eigenvalue weighted by molar-refractivity contribution is 5.94. The molecule has 110 valence electrons. The van der Waals surface area contributed by atoms with Gasteiger partial charge in [0.1, 0.15) is 5.82 Å². The standard InChI is InChI=1S/C17H21N3O/c1-10-5-6-11(2)15(7-10)20-16(9-13(4)19-20)18-17(21)14-8-12(14)3/h5-7,9,12,14H,8H2,1-4H3,(H,18,21)/t12-,14+/m1/s1. The zero-order valence-electron chi connectivity index (χ0n) is 13.0. The summed E-state index contributed by atoms with van der Waals surface area (Å²) in [6.45, 7) is 8.16. The summed E-state index contributed by atoms with van der Waals surface area (Å²) in [6.07, 6.45) is 0.989. The topological polar surface area (TPSA) is 46.9 Å². The first-order valence-electron chi connectivity index (χ1n) is 7.41. The van der Waals surface area contributed by atoms with Crippen molar-refractivity contribution in [3.05, 3.63) is 41.1 Å². The molecule has 0 aliphatic heterocycles. The Morgan fingerprint density at radius 1 is 1.29 bits per heavy atom. The molecule has 1 aromatic heterocycles. The van der Waals surface area contributed by atoms with Gasteiger partial charge >= 0.3 is 0 Å². The Morgan fingerprint density at radius 3 is 2.67 bits per heavy atom. The van der Waals surface area contributed by atoms with Crippen molar-refractivity contribution in [1.29, 1.82) is 0 Å². The third-order valence-electron chi connectivity index (χ3n) is 4.12. The lowest BCUT2D eigenvalue weighted by molar-refractivity contribution is -0.117. The van der Waals surface area contributed by atoms with Crippen LogP contribution in [0.2, 0.25) is 0 Å². The van der Waals surface area contributed by atoms with Gasteiger partial charge in [0.05, 0.1) is 11.4 Å². The number of carbonyl (C=O) groups excluding carboxylic acids is 1. The van der Waals surface area contributed by atoms with Crippen LogP contribution >= 0.6 is 0 Å². The molecule has 2 atom stereocenters. The van der Waals surface area contributed by atoms with E-state index in [0.29, 0.717) is 5.92 Å². The van der Waals surface area contributed by atoms with Crippen LogP contribution in [-0.2, 0) is 4.79 Å². The average Bonchev–Trinajstić information content (AvgIpc) is 3.05. The van der Waals surface area contributed by atoms with Crippen molar-refractivity contribution in [2.75, 3.05) is 5.32 Å². The van der Waals surface area contributed by atoms with Crippen LogP contribution in [-0.4, -0.2) is 15.7 Å². The van der Waals surface area contributed by atoms with Gasteiger partial charge < -0.3 is 5.32 Å². The molecule has 0 spiro atoms. The number of anilines is 1. The molecule has 4 nitrogen and oxygen atoms in total. The van der Waals surface area contributed by atoms with Crippen LogP contribution in [0, 0.1) is 32.6 Å². The molecule has 1 amide bonds. The molecule has 1 fully saturated rings. The maximum atomic E-state index is 12.2. The number of aryl methyl sites for hydroxylation is 3. The highest BCUT2D eigenvalue weighted by atomic mass is 16.2. The molecular weight excluding hydrogens is 262 g/mol. The highest BCUT2D eigenvalue weighted by Gasteiger charge is 2.39. The number of rotatable bonds is 3. The number of amides is 1. The van der Waals surface area contributed by atoms with Gasteiger partial charge in [0, 0.05) is 12.0 Å². The fourth-order valence-electron chi connectivity index (χ4n) is 2.63. The summed E-state index contributed by atoms with van der Waals surface area (Å²) in [6, 6.07) is 8.18. The summed E-state index contributed by atoms with van der Waals surface area (Å²) in [4.78, 5) is 12.2. The summed E-state index contributed by atoms with van der Waals surface area (Å²) < 4.78 is 1.84. The number of nitrogens with zero attached hydrogens (tertiary/aromatic N) is 2. The molecule has 0 radical (unpaired) electrons. The normalized spacial score (nSPS) is 20.4. The number of carbonyl (C=O) groups is 1. The van der Waals surface area contributed by atoms with Crippen molar-refractivity contribution >= 4 is 11.7 Å². The van der Waals surface area contributed by atoms with E-state index in [9.17, 15) is 4.79 Å². The first-order chi connectivity index (χ1) is 9.95. The van der Waals surface area contributed by atoms with E-state index >= 15 is 0 Å². The van der Waals surface area contributed by atoms with Crippen LogP contribution in [0.5, 0.6) is 0 Å². The molecule has 1 N–H and O–H groups in total. The number of benzene rings is 1. The lowest BCUT2D eigenvalue weighted by atomic mass is 10.1. The fraction of sp³-hybridized carbons (Fsp3) is 0.412. The maximum Gasteiger partial charge on any atom is 0.228 e. The summed E-state index contributed by atoms with van der Waals surface area (Å²) in [5.74, 6) is 1.52.